The zero-order valence-corrected chi connectivity index (χ0v) is 14.1. The number of nitrogens with zero attached hydrogens (tertiary/aromatic N) is 2. The largest absolute Gasteiger partial charge is 0.489 e. The molecule has 3 heteroatoms. The fourth-order valence-electron chi connectivity index (χ4n) is 2.54. The van der Waals surface area contributed by atoms with Gasteiger partial charge in [0.1, 0.15) is 12.4 Å². The molecular formula is C23H16N2O. The van der Waals surface area contributed by atoms with Gasteiger partial charge >= 0.3 is 0 Å². The zero-order chi connectivity index (χ0) is 18.2. The van der Waals surface area contributed by atoms with Crippen LogP contribution in [0.3, 0.4) is 0 Å². The van der Waals surface area contributed by atoms with Gasteiger partial charge in [-0.15, -0.1) is 0 Å². The number of hydrogen-bond donors (Lipinski definition) is 0. The third-order valence-corrected chi connectivity index (χ3v) is 3.84. The van der Waals surface area contributed by atoms with Gasteiger partial charge in [0, 0.05) is 0 Å². The van der Waals surface area contributed by atoms with Gasteiger partial charge < -0.3 is 4.74 Å². The summed E-state index contributed by atoms with van der Waals surface area (Å²) >= 11 is 0. The Hall–Kier alpha value is -3.82. The van der Waals surface area contributed by atoms with E-state index in [4.69, 9.17) is 10.00 Å². The molecule has 3 rings (SSSR count). The van der Waals surface area contributed by atoms with Crippen molar-refractivity contribution >= 4 is 11.6 Å². The Bertz CT molecular complexity index is 1010. The van der Waals surface area contributed by atoms with Crippen LogP contribution in [0.5, 0.6) is 5.75 Å². The molecule has 0 radical (unpaired) electrons. The van der Waals surface area contributed by atoms with Crippen LogP contribution >= 0.6 is 0 Å². The molecule has 0 heterocycles. The van der Waals surface area contributed by atoms with E-state index in [0.717, 1.165) is 22.4 Å². The van der Waals surface area contributed by atoms with Gasteiger partial charge in [0.2, 0.25) is 0 Å². The molecule has 0 atom stereocenters. The van der Waals surface area contributed by atoms with Gasteiger partial charge in [0.05, 0.1) is 23.3 Å². The van der Waals surface area contributed by atoms with Gasteiger partial charge in [0.25, 0.3) is 0 Å². The molecule has 0 saturated heterocycles. The second-order valence-corrected chi connectivity index (χ2v) is 5.71. The van der Waals surface area contributed by atoms with E-state index >= 15 is 0 Å². The third-order valence-electron chi connectivity index (χ3n) is 3.84. The first-order chi connectivity index (χ1) is 12.8. The van der Waals surface area contributed by atoms with Gasteiger partial charge in [0.15, 0.2) is 0 Å². The molecule has 124 valence electrons. The minimum atomic E-state index is 0.489. The maximum atomic E-state index is 9.49. The summed E-state index contributed by atoms with van der Waals surface area (Å²) in [6.07, 6.45) is 1.80. The number of hydrogen-bond acceptors (Lipinski definition) is 3. The minimum Gasteiger partial charge on any atom is -0.489 e. The number of ether oxygens (including phenoxy) is 1. The van der Waals surface area contributed by atoms with E-state index < -0.39 is 0 Å². The summed E-state index contributed by atoms with van der Waals surface area (Å²) in [6.45, 7) is 0.489. The van der Waals surface area contributed by atoms with Gasteiger partial charge in [-0.3, -0.25) is 0 Å². The van der Waals surface area contributed by atoms with Gasteiger partial charge in [-0.1, -0.05) is 54.6 Å². The van der Waals surface area contributed by atoms with Crippen LogP contribution in [0, 0.1) is 22.7 Å². The molecule has 0 bridgehead atoms. The highest BCUT2D eigenvalue weighted by atomic mass is 16.5. The van der Waals surface area contributed by atoms with Crippen LogP contribution < -0.4 is 4.74 Å². The van der Waals surface area contributed by atoms with Crippen molar-refractivity contribution in [2.45, 2.75) is 6.61 Å². The topological polar surface area (TPSA) is 56.8 Å². The SMILES string of the molecule is N#C/C(=C/c1cccc(OCc2ccccc2)c1)c1cccc(C#N)c1. The van der Waals surface area contributed by atoms with E-state index in [-0.39, 0.29) is 0 Å². The second kappa shape index (κ2) is 8.33. The van der Waals surface area contributed by atoms with Crippen molar-refractivity contribution < 1.29 is 4.74 Å². The van der Waals surface area contributed by atoms with Crippen LogP contribution in [0.1, 0.15) is 22.3 Å². The normalized spacial score (nSPS) is 10.6. The Morgan fingerprint density at radius 1 is 0.885 bits per heavy atom. The summed E-state index contributed by atoms with van der Waals surface area (Å²) in [5, 5.41) is 18.5. The first kappa shape index (κ1) is 17.0. The molecule has 0 N–H and O–H groups in total. The molecule has 0 aliphatic carbocycles. The summed E-state index contributed by atoms with van der Waals surface area (Å²) in [7, 11) is 0. The van der Waals surface area contributed by atoms with Crippen LogP contribution in [-0.4, -0.2) is 0 Å². The summed E-state index contributed by atoms with van der Waals surface area (Å²) in [5.41, 5.74) is 3.72. The Balaban J connectivity index is 1.81. The van der Waals surface area contributed by atoms with Crippen LogP contribution in [0.4, 0.5) is 0 Å². The molecule has 26 heavy (non-hydrogen) atoms. The number of benzene rings is 3. The third kappa shape index (κ3) is 4.38. The average molecular weight is 336 g/mol. The highest BCUT2D eigenvalue weighted by Gasteiger charge is 2.03. The molecule has 0 aliphatic rings. The van der Waals surface area contributed by atoms with Crippen LogP contribution in [0.2, 0.25) is 0 Å². The molecule has 0 aliphatic heterocycles. The number of rotatable bonds is 5. The van der Waals surface area contributed by atoms with Crippen LogP contribution in [0.25, 0.3) is 11.6 Å². The van der Waals surface area contributed by atoms with Crippen molar-refractivity contribution in [3.63, 3.8) is 0 Å². The Kier molecular flexibility index (Phi) is 5.45. The number of nitriles is 2. The quantitative estimate of drug-likeness (QED) is 0.475. The minimum absolute atomic E-state index is 0.489. The lowest BCUT2D eigenvalue weighted by Gasteiger charge is -2.07. The Labute approximate surface area is 153 Å². The van der Waals surface area contributed by atoms with Crippen molar-refractivity contribution in [3.8, 4) is 17.9 Å². The molecule has 0 saturated carbocycles. The molecule has 0 fully saturated rings. The predicted molar refractivity (Wildman–Crippen MR) is 102 cm³/mol. The standard InChI is InChI=1S/C23H16N2O/c24-15-20-9-4-10-21(13-20)22(16-25)12-19-8-5-11-23(14-19)26-17-18-6-2-1-3-7-18/h1-14H,17H2/b22-12-. The first-order valence-electron chi connectivity index (χ1n) is 8.17. The molecule has 3 aromatic rings. The van der Waals surface area contributed by atoms with Crippen molar-refractivity contribution in [1.29, 1.82) is 10.5 Å². The van der Waals surface area contributed by atoms with Crippen molar-refractivity contribution in [1.82, 2.24) is 0 Å². The summed E-state index contributed by atoms with van der Waals surface area (Å²) in [4.78, 5) is 0. The smallest absolute Gasteiger partial charge is 0.120 e. The van der Waals surface area contributed by atoms with Crippen LogP contribution in [0.15, 0.2) is 78.9 Å². The Morgan fingerprint density at radius 3 is 2.46 bits per heavy atom. The highest BCUT2D eigenvalue weighted by Crippen LogP contribution is 2.22. The van der Waals surface area contributed by atoms with E-state index in [1.54, 1.807) is 24.3 Å². The molecule has 0 unspecified atom stereocenters. The van der Waals surface area contributed by atoms with Gasteiger partial charge in [-0.2, -0.15) is 10.5 Å². The van der Waals surface area contributed by atoms with E-state index in [1.807, 2.05) is 60.7 Å². The van der Waals surface area contributed by atoms with Gasteiger partial charge in [-0.25, -0.2) is 0 Å². The predicted octanol–water partition coefficient (Wildman–Crippen LogP) is 5.20. The summed E-state index contributed by atoms with van der Waals surface area (Å²) < 4.78 is 5.83. The average Bonchev–Trinajstić information content (AvgIpc) is 2.71. The fraction of sp³-hybridized carbons (Fsp3) is 0.0435. The molecular weight excluding hydrogens is 320 g/mol. The zero-order valence-electron chi connectivity index (χ0n) is 14.1. The van der Waals surface area contributed by atoms with E-state index in [1.165, 1.54) is 0 Å². The summed E-state index contributed by atoms with van der Waals surface area (Å²) in [6, 6.07) is 28.9. The molecule has 0 spiro atoms. The lowest BCUT2D eigenvalue weighted by Crippen LogP contribution is -1.95. The van der Waals surface area contributed by atoms with Crippen molar-refractivity contribution in [2.24, 2.45) is 0 Å². The second-order valence-electron chi connectivity index (χ2n) is 5.71. The first-order valence-corrected chi connectivity index (χ1v) is 8.17. The highest BCUT2D eigenvalue weighted by molar-refractivity contribution is 5.90. The van der Waals surface area contributed by atoms with Crippen LogP contribution in [-0.2, 0) is 6.61 Å². The maximum Gasteiger partial charge on any atom is 0.120 e. The van der Waals surface area contributed by atoms with E-state index in [0.29, 0.717) is 17.7 Å². The molecule has 3 aromatic carbocycles. The molecule has 3 nitrogen and oxygen atoms in total. The van der Waals surface area contributed by atoms with E-state index in [9.17, 15) is 5.26 Å². The lowest BCUT2D eigenvalue weighted by molar-refractivity contribution is 0.306. The maximum absolute atomic E-state index is 9.49. The lowest BCUT2D eigenvalue weighted by atomic mass is 10.0. The van der Waals surface area contributed by atoms with E-state index in [2.05, 4.69) is 12.1 Å². The fourth-order valence-corrected chi connectivity index (χ4v) is 2.54. The van der Waals surface area contributed by atoms with Gasteiger partial charge in [-0.05, 0) is 47.0 Å². The molecule has 0 aromatic heterocycles. The monoisotopic (exact) mass is 336 g/mol. The van der Waals surface area contributed by atoms with Crippen molar-refractivity contribution in [3.05, 3.63) is 101 Å². The molecule has 0 amide bonds. The Morgan fingerprint density at radius 2 is 1.69 bits per heavy atom. The summed E-state index contributed by atoms with van der Waals surface area (Å²) in [5.74, 6) is 0.741. The number of allylic oxidation sites excluding steroid dienone is 1. The van der Waals surface area contributed by atoms with Crippen molar-refractivity contribution in [2.75, 3.05) is 0 Å².